The second-order valence-electron chi connectivity index (χ2n) is 4.17. The molecule has 106 valence electrons. The van der Waals surface area contributed by atoms with Crippen LogP contribution >= 0.6 is 15.9 Å². The molecule has 0 aliphatic heterocycles. The normalized spacial score (nSPS) is 10.4. The van der Waals surface area contributed by atoms with Gasteiger partial charge in [0, 0.05) is 17.0 Å². The van der Waals surface area contributed by atoms with Crippen LogP contribution in [0.5, 0.6) is 11.5 Å². The molecule has 2 rings (SSSR count). The van der Waals surface area contributed by atoms with Gasteiger partial charge in [0.25, 0.3) is 0 Å². The molecule has 0 unspecified atom stereocenters. The van der Waals surface area contributed by atoms with Gasteiger partial charge in [-0.15, -0.1) is 0 Å². The second-order valence-corrected chi connectivity index (χ2v) is 4.73. The van der Waals surface area contributed by atoms with Crippen molar-refractivity contribution in [3.8, 4) is 11.5 Å². The van der Waals surface area contributed by atoms with Crippen molar-refractivity contribution in [1.82, 2.24) is 0 Å². The van der Waals surface area contributed by atoms with Crippen LogP contribution in [-0.2, 0) is 11.9 Å². The Kier molecular flexibility index (Phi) is 4.95. The van der Waals surface area contributed by atoms with Gasteiger partial charge in [0.15, 0.2) is 0 Å². The number of hydrogen-bond donors (Lipinski definition) is 0. The molecule has 0 saturated heterocycles. The van der Waals surface area contributed by atoms with Gasteiger partial charge in [0.1, 0.15) is 29.7 Å². The van der Waals surface area contributed by atoms with E-state index in [2.05, 4.69) is 15.9 Å². The summed E-state index contributed by atoms with van der Waals surface area (Å²) < 4.78 is 36.9. The highest BCUT2D eigenvalue weighted by molar-refractivity contribution is 9.08. The Morgan fingerprint density at radius 3 is 2.35 bits per heavy atom. The van der Waals surface area contributed by atoms with Gasteiger partial charge in [0.2, 0.25) is 0 Å². The summed E-state index contributed by atoms with van der Waals surface area (Å²) in [5.74, 6) is 0.147. The summed E-state index contributed by atoms with van der Waals surface area (Å²) in [4.78, 5) is 0. The molecule has 0 radical (unpaired) electrons. The average Bonchev–Trinajstić information content (AvgIpc) is 2.44. The highest BCUT2D eigenvalue weighted by atomic mass is 79.9. The molecule has 2 aromatic rings. The molecule has 20 heavy (non-hydrogen) atoms. The first-order valence-corrected chi connectivity index (χ1v) is 7.05. The molecule has 2 aromatic carbocycles. The van der Waals surface area contributed by atoms with E-state index in [0.29, 0.717) is 16.6 Å². The Balaban J connectivity index is 2.14. The van der Waals surface area contributed by atoms with Gasteiger partial charge in [-0.25, -0.2) is 8.78 Å². The molecule has 2 nitrogen and oxygen atoms in total. The quantitative estimate of drug-likeness (QED) is 0.747. The number of rotatable bonds is 5. The molecule has 0 aromatic heterocycles. The fraction of sp³-hybridized carbons (Fsp3) is 0.200. The summed E-state index contributed by atoms with van der Waals surface area (Å²) in [6.45, 7) is 0.0982. The summed E-state index contributed by atoms with van der Waals surface area (Å²) in [7, 11) is 1.59. The van der Waals surface area contributed by atoms with Gasteiger partial charge < -0.3 is 9.47 Å². The zero-order valence-corrected chi connectivity index (χ0v) is 12.4. The zero-order valence-electron chi connectivity index (χ0n) is 10.8. The third kappa shape index (κ3) is 3.70. The van der Waals surface area contributed by atoms with E-state index in [1.807, 2.05) is 6.07 Å². The molecular weight excluding hydrogens is 330 g/mol. The van der Waals surface area contributed by atoms with Crippen LogP contribution in [0.4, 0.5) is 8.78 Å². The standard InChI is InChI=1S/C15H13BrF2O2/c1-19-14-2-3-15(11(6-14)8-16)20-9-10-4-12(17)7-13(18)5-10/h2-7H,8-9H2,1H3. The maximum atomic E-state index is 13.1. The number of halogens is 3. The molecule has 0 bridgehead atoms. The first kappa shape index (κ1) is 14.8. The molecule has 0 fully saturated rings. The predicted molar refractivity (Wildman–Crippen MR) is 76.3 cm³/mol. The SMILES string of the molecule is COc1ccc(OCc2cc(F)cc(F)c2)c(CBr)c1. The molecule has 0 spiro atoms. The Bertz CT molecular complexity index is 582. The summed E-state index contributed by atoms with van der Waals surface area (Å²) in [6, 6.07) is 8.72. The fourth-order valence-electron chi connectivity index (χ4n) is 1.78. The number of methoxy groups -OCH3 is 1. The lowest BCUT2D eigenvalue weighted by Crippen LogP contribution is -1.99. The van der Waals surface area contributed by atoms with Crippen molar-refractivity contribution in [3.05, 3.63) is 59.2 Å². The lowest BCUT2D eigenvalue weighted by molar-refractivity contribution is 0.301. The monoisotopic (exact) mass is 342 g/mol. The molecule has 0 aliphatic carbocycles. The molecule has 0 saturated carbocycles. The van der Waals surface area contributed by atoms with Crippen molar-refractivity contribution < 1.29 is 18.3 Å². The highest BCUT2D eigenvalue weighted by Gasteiger charge is 2.06. The van der Waals surface area contributed by atoms with Crippen LogP contribution in [-0.4, -0.2) is 7.11 Å². The van der Waals surface area contributed by atoms with E-state index in [1.54, 1.807) is 19.2 Å². The van der Waals surface area contributed by atoms with Crippen LogP contribution in [0, 0.1) is 11.6 Å². The zero-order chi connectivity index (χ0) is 14.5. The lowest BCUT2D eigenvalue weighted by Gasteiger charge is -2.11. The van der Waals surface area contributed by atoms with Crippen LogP contribution in [0.2, 0.25) is 0 Å². The lowest BCUT2D eigenvalue weighted by atomic mass is 10.2. The highest BCUT2D eigenvalue weighted by Crippen LogP contribution is 2.27. The van der Waals surface area contributed by atoms with E-state index < -0.39 is 11.6 Å². The van der Waals surface area contributed by atoms with Crippen molar-refractivity contribution in [1.29, 1.82) is 0 Å². The number of ether oxygens (including phenoxy) is 2. The second kappa shape index (κ2) is 6.70. The largest absolute Gasteiger partial charge is 0.497 e. The van der Waals surface area contributed by atoms with Gasteiger partial charge in [-0.05, 0) is 35.9 Å². The Labute approximate surface area is 124 Å². The van der Waals surface area contributed by atoms with E-state index in [-0.39, 0.29) is 6.61 Å². The summed E-state index contributed by atoms with van der Waals surface area (Å²) >= 11 is 3.37. The van der Waals surface area contributed by atoms with Crippen molar-refractivity contribution >= 4 is 15.9 Å². The van der Waals surface area contributed by atoms with Gasteiger partial charge in [-0.3, -0.25) is 0 Å². The third-order valence-electron chi connectivity index (χ3n) is 2.73. The number of benzene rings is 2. The minimum absolute atomic E-state index is 0.0982. The predicted octanol–water partition coefficient (Wildman–Crippen LogP) is 4.45. The summed E-state index contributed by atoms with van der Waals surface area (Å²) in [6.07, 6.45) is 0. The molecule has 0 amide bonds. The van der Waals surface area contributed by atoms with Crippen LogP contribution in [0.3, 0.4) is 0 Å². The molecule has 0 aliphatic rings. The van der Waals surface area contributed by atoms with Crippen LogP contribution in [0.25, 0.3) is 0 Å². The fourth-order valence-corrected chi connectivity index (χ4v) is 2.22. The van der Waals surface area contributed by atoms with E-state index in [0.717, 1.165) is 17.4 Å². The minimum Gasteiger partial charge on any atom is -0.497 e. The van der Waals surface area contributed by atoms with E-state index in [1.165, 1.54) is 12.1 Å². The maximum absolute atomic E-state index is 13.1. The Hall–Kier alpha value is -1.62. The van der Waals surface area contributed by atoms with Crippen molar-refractivity contribution in [3.63, 3.8) is 0 Å². The molecule has 5 heteroatoms. The molecular formula is C15H13BrF2O2. The molecule has 0 heterocycles. The minimum atomic E-state index is -0.612. The van der Waals surface area contributed by atoms with Crippen LogP contribution in [0.1, 0.15) is 11.1 Å². The molecule has 0 atom stereocenters. The first-order valence-electron chi connectivity index (χ1n) is 5.93. The van der Waals surface area contributed by atoms with Gasteiger partial charge >= 0.3 is 0 Å². The first-order chi connectivity index (χ1) is 9.62. The summed E-state index contributed by atoms with van der Waals surface area (Å²) in [5.41, 5.74) is 1.35. The topological polar surface area (TPSA) is 18.5 Å². The van der Waals surface area contributed by atoms with Crippen molar-refractivity contribution in [2.75, 3.05) is 7.11 Å². The van der Waals surface area contributed by atoms with Gasteiger partial charge in [-0.2, -0.15) is 0 Å². The number of alkyl halides is 1. The van der Waals surface area contributed by atoms with Gasteiger partial charge in [-0.1, -0.05) is 15.9 Å². The van der Waals surface area contributed by atoms with Crippen LogP contribution < -0.4 is 9.47 Å². The van der Waals surface area contributed by atoms with E-state index in [4.69, 9.17) is 9.47 Å². The Morgan fingerprint density at radius 2 is 1.75 bits per heavy atom. The smallest absolute Gasteiger partial charge is 0.126 e. The summed E-state index contributed by atoms with van der Waals surface area (Å²) in [5, 5.41) is 0.594. The van der Waals surface area contributed by atoms with Gasteiger partial charge in [0.05, 0.1) is 7.11 Å². The van der Waals surface area contributed by atoms with Crippen molar-refractivity contribution in [2.24, 2.45) is 0 Å². The van der Waals surface area contributed by atoms with E-state index in [9.17, 15) is 8.78 Å². The third-order valence-corrected chi connectivity index (χ3v) is 3.33. The van der Waals surface area contributed by atoms with Crippen LogP contribution in [0.15, 0.2) is 36.4 Å². The molecule has 0 N–H and O–H groups in total. The Morgan fingerprint density at radius 1 is 1.05 bits per heavy atom. The average molecular weight is 343 g/mol. The number of hydrogen-bond acceptors (Lipinski definition) is 2. The van der Waals surface area contributed by atoms with E-state index >= 15 is 0 Å². The van der Waals surface area contributed by atoms with Crippen molar-refractivity contribution in [2.45, 2.75) is 11.9 Å². The maximum Gasteiger partial charge on any atom is 0.126 e.